The van der Waals surface area contributed by atoms with E-state index < -0.39 is 47.9 Å². The van der Waals surface area contributed by atoms with Crippen molar-refractivity contribution in [1.29, 1.82) is 0 Å². The number of Topliss-reactive ketones (excluding diaryl/α,β-unsaturated/α-hetero) is 1. The van der Waals surface area contributed by atoms with E-state index in [4.69, 9.17) is 32.4 Å². The lowest BCUT2D eigenvalue weighted by molar-refractivity contribution is -0.154. The molecule has 9 nitrogen and oxygen atoms in total. The van der Waals surface area contributed by atoms with Gasteiger partial charge in [-0.15, -0.1) is 0 Å². The maximum Gasteiger partial charge on any atom is 0.379 e. The van der Waals surface area contributed by atoms with Gasteiger partial charge < -0.3 is 9.15 Å². The molecule has 0 radical (unpaired) electrons. The number of fused-ring (bicyclic) bond motifs is 1. The normalized spacial score (nSPS) is 20.3. The molecule has 3 atom stereocenters. The Morgan fingerprint density at radius 3 is 2.40 bits per heavy atom. The Kier molecular flexibility index (Phi) is 7.78. The van der Waals surface area contributed by atoms with Crippen molar-refractivity contribution in [1.82, 2.24) is 10.0 Å². The van der Waals surface area contributed by atoms with Crippen LogP contribution in [0.4, 0.5) is 0 Å². The Morgan fingerprint density at radius 2 is 1.73 bits per heavy atom. The summed E-state index contributed by atoms with van der Waals surface area (Å²) in [6.45, 7) is 1.42. The highest BCUT2D eigenvalue weighted by molar-refractivity contribution is 6.36. The fourth-order valence-electron chi connectivity index (χ4n) is 5.13. The van der Waals surface area contributed by atoms with Crippen LogP contribution in [0, 0.1) is 17.8 Å². The van der Waals surface area contributed by atoms with E-state index in [0.717, 1.165) is 16.4 Å². The van der Waals surface area contributed by atoms with E-state index in [1.165, 1.54) is 54.8 Å². The van der Waals surface area contributed by atoms with Crippen molar-refractivity contribution in [2.24, 2.45) is 17.8 Å². The Balaban J connectivity index is 1.41. The molecule has 3 amide bonds. The molecule has 206 valence electrons. The number of ketones is 1. The van der Waals surface area contributed by atoms with Gasteiger partial charge in [0.25, 0.3) is 17.7 Å². The molecule has 2 aromatic carbocycles. The van der Waals surface area contributed by atoms with Crippen molar-refractivity contribution in [2.45, 2.75) is 26.2 Å². The number of esters is 1. The highest BCUT2D eigenvalue weighted by Crippen LogP contribution is 2.41. The lowest BCUT2D eigenvalue weighted by Crippen LogP contribution is -2.52. The number of halogens is 2. The summed E-state index contributed by atoms with van der Waals surface area (Å²) in [5, 5.41) is 2.00. The number of ether oxygens (including phenoxy) is 1. The fourth-order valence-corrected chi connectivity index (χ4v) is 5.62. The zero-order valence-electron chi connectivity index (χ0n) is 21.3. The van der Waals surface area contributed by atoms with Gasteiger partial charge in [-0.3, -0.25) is 19.2 Å². The Bertz CT molecular complexity index is 1490. The number of furan rings is 1. The number of hydrazine groups is 1. The Morgan fingerprint density at radius 1 is 1.00 bits per heavy atom. The van der Waals surface area contributed by atoms with Crippen LogP contribution in [-0.2, 0) is 9.59 Å². The quantitative estimate of drug-likeness (QED) is 0.157. The van der Waals surface area contributed by atoms with Gasteiger partial charge in [0.15, 0.2) is 5.78 Å². The van der Waals surface area contributed by atoms with Gasteiger partial charge in [0.1, 0.15) is 12.3 Å². The second-order valence-corrected chi connectivity index (χ2v) is 10.8. The highest BCUT2D eigenvalue weighted by atomic mass is 35.5. The van der Waals surface area contributed by atoms with Crippen LogP contribution in [0.25, 0.3) is 0 Å². The van der Waals surface area contributed by atoms with Gasteiger partial charge >= 0.3 is 5.97 Å². The standard InChI is InChI=1S/C29H24Cl2N2O7/c1-16-4-10-20-22(13-16)28(37)33(27(20)36)32(26(35)21-11-7-18(30)14-23(21)31)15-24(34)17-5-8-19(9-6-17)40-29(38)25-3-2-12-39-25/h2-3,5-9,11-12,14,16,20,22H,4,10,13,15H2,1H3/t16-,20+,22-/m1/s1. The molecule has 0 bridgehead atoms. The molecule has 3 aromatic rings. The topological polar surface area (TPSA) is 114 Å². The average molecular weight is 583 g/mol. The first-order valence-electron chi connectivity index (χ1n) is 12.7. The minimum absolute atomic E-state index is 0.0112. The minimum Gasteiger partial charge on any atom is -0.457 e. The fraction of sp³-hybridized carbons (Fsp3) is 0.276. The summed E-state index contributed by atoms with van der Waals surface area (Å²) in [7, 11) is 0. The van der Waals surface area contributed by atoms with Crippen LogP contribution in [0.15, 0.2) is 65.3 Å². The SMILES string of the molecule is C[C@@H]1CC[C@@H]2C(=O)N(N(CC(=O)c3ccc(OC(=O)c4ccco4)cc3)C(=O)c3ccc(Cl)cc3Cl)C(=O)[C@@H]2C1. The van der Waals surface area contributed by atoms with Gasteiger partial charge in [-0.25, -0.2) is 9.80 Å². The maximum atomic E-state index is 13.7. The van der Waals surface area contributed by atoms with Crippen molar-refractivity contribution < 1.29 is 33.1 Å². The van der Waals surface area contributed by atoms with Crippen molar-refractivity contribution in [3.05, 3.63) is 87.8 Å². The monoisotopic (exact) mass is 582 g/mol. The number of benzene rings is 2. The van der Waals surface area contributed by atoms with E-state index in [9.17, 15) is 24.0 Å². The maximum absolute atomic E-state index is 13.7. The molecule has 0 spiro atoms. The number of hydrogen-bond donors (Lipinski definition) is 0. The summed E-state index contributed by atoms with van der Waals surface area (Å²) >= 11 is 12.3. The third kappa shape index (κ3) is 5.39. The molecule has 1 aliphatic carbocycles. The van der Waals surface area contributed by atoms with Crippen LogP contribution in [-0.4, -0.2) is 46.0 Å². The van der Waals surface area contributed by atoms with E-state index in [0.29, 0.717) is 17.9 Å². The van der Waals surface area contributed by atoms with Gasteiger partial charge in [0, 0.05) is 10.6 Å². The molecule has 1 saturated carbocycles. The van der Waals surface area contributed by atoms with E-state index in [2.05, 4.69) is 0 Å². The molecule has 2 fully saturated rings. The molecule has 0 unspecified atom stereocenters. The van der Waals surface area contributed by atoms with Crippen molar-refractivity contribution in [3.8, 4) is 5.75 Å². The lowest BCUT2D eigenvalue weighted by atomic mass is 9.76. The van der Waals surface area contributed by atoms with Crippen LogP contribution < -0.4 is 4.74 Å². The lowest BCUT2D eigenvalue weighted by Gasteiger charge is -2.30. The average Bonchev–Trinajstić information content (AvgIpc) is 3.55. The van der Waals surface area contributed by atoms with Crippen LogP contribution in [0.2, 0.25) is 10.0 Å². The molecule has 11 heteroatoms. The van der Waals surface area contributed by atoms with Gasteiger partial charge in [0.2, 0.25) is 5.76 Å². The molecule has 0 N–H and O–H groups in total. The third-order valence-electron chi connectivity index (χ3n) is 7.20. The van der Waals surface area contributed by atoms with E-state index in [1.807, 2.05) is 6.92 Å². The first-order valence-corrected chi connectivity index (χ1v) is 13.4. The summed E-state index contributed by atoms with van der Waals surface area (Å²) in [5.74, 6) is -3.70. The first-order chi connectivity index (χ1) is 19.1. The molecule has 1 aliphatic heterocycles. The third-order valence-corrected chi connectivity index (χ3v) is 7.75. The summed E-state index contributed by atoms with van der Waals surface area (Å²) in [5.41, 5.74) is 0.158. The summed E-state index contributed by atoms with van der Waals surface area (Å²) in [4.78, 5) is 66.1. The highest BCUT2D eigenvalue weighted by Gasteiger charge is 2.53. The van der Waals surface area contributed by atoms with Gasteiger partial charge in [-0.2, -0.15) is 5.01 Å². The molecule has 40 heavy (non-hydrogen) atoms. The summed E-state index contributed by atoms with van der Waals surface area (Å²) < 4.78 is 10.2. The molecule has 2 heterocycles. The number of nitrogens with zero attached hydrogens (tertiary/aromatic N) is 2. The summed E-state index contributed by atoms with van der Waals surface area (Å²) in [6, 6.07) is 12.9. The van der Waals surface area contributed by atoms with Gasteiger partial charge in [-0.1, -0.05) is 30.1 Å². The molecular weight excluding hydrogens is 559 g/mol. The minimum atomic E-state index is -0.785. The van der Waals surface area contributed by atoms with Crippen molar-refractivity contribution in [2.75, 3.05) is 6.54 Å². The Hall–Kier alpha value is -3.95. The summed E-state index contributed by atoms with van der Waals surface area (Å²) in [6.07, 6.45) is 3.19. The number of carbonyl (C=O) groups excluding carboxylic acids is 5. The van der Waals surface area contributed by atoms with Crippen LogP contribution >= 0.6 is 23.2 Å². The van der Waals surface area contributed by atoms with Gasteiger partial charge in [-0.05, 0) is 79.8 Å². The predicted molar refractivity (Wildman–Crippen MR) is 144 cm³/mol. The predicted octanol–water partition coefficient (Wildman–Crippen LogP) is 5.47. The van der Waals surface area contributed by atoms with Crippen LogP contribution in [0.5, 0.6) is 5.75 Å². The number of hydrogen-bond acceptors (Lipinski definition) is 7. The largest absolute Gasteiger partial charge is 0.457 e. The van der Waals surface area contributed by atoms with Crippen LogP contribution in [0.3, 0.4) is 0 Å². The molecule has 2 aliphatic rings. The molecule has 1 saturated heterocycles. The van der Waals surface area contributed by atoms with Gasteiger partial charge in [0.05, 0.1) is 28.7 Å². The number of amides is 3. The second-order valence-electron chi connectivity index (χ2n) is 9.92. The first kappa shape index (κ1) is 27.6. The molecule has 1 aromatic heterocycles. The van der Waals surface area contributed by atoms with E-state index in [1.54, 1.807) is 6.07 Å². The number of carbonyl (C=O) groups is 5. The molecule has 5 rings (SSSR count). The van der Waals surface area contributed by atoms with E-state index in [-0.39, 0.29) is 33.6 Å². The number of rotatable bonds is 7. The van der Waals surface area contributed by atoms with Crippen molar-refractivity contribution >= 4 is 52.7 Å². The second kappa shape index (κ2) is 11.3. The zero-order chi connectivity index (χ0) is 28.6. The van der Waals surface area contributed by atoms with E-state index >= 15 is 0 Å². The molecular formula is C29H24Cl2N2O7. The Labute approximate surface area is 239 Å². The van der Waals surface area contributed by atoms with Crippen LogP contribution in [0.1, 0.15) is 57.5 Å². The zero-order valence-corrected chi connectivity index (χ0v) is 22.9. The van der Waals surface area contributed by atoms with Crippen molar-refractivity contribution in [3.63, 3.8) is 0 Å². The smallest absolute Gasteiger partial charge is 0.379 e. The number of imide groups is 1.